The molecule has 1 aliphatic rings. The first kappa shape index (κ1) is 24.3. The number of ketones is 2. The second-order valence-corrected chi connectivity index (χ2v) is 8.44. The summed E-state index contributed by atoms with van der Waals surface area (Å²) in [7, 11) is 5.25. The number of benzene rings is 1. The molecule has 0 unspecified atom stereocenters. The molecule has 7 heteroatoms. The van der Waals surface area contributed by atoms with Gasteiger partial charge in [-0.3, -0.25) is 24.3 Å². The Morgan fingerprint density at radius 2 is 1.52 bits per heavy atom. The Morgan fingerprint density at radius 1 is 0.879 bits per heavy atom. The first-order valence-corrected chi connectivity index (χ1v) is 11.3. The zero-order chi connectivity index (χ0) is 24.0. The Labute approximate surface area is 195 Å². The van der Waals surface area contributed by atoms with Crippen molar-refractivity contribution in [2.24, 2.45) is 0 Å². The molecule has 0 spiro atoms. The first-order valence-electron chi connectivity index (χ1n) is 11.3. The molecule has 0 fully saturated rings. The molecule has 0 N–H and O–H groups in total. The Balaban J connectivity index is 1.93. The van der Waals surface area contributed by atoms with Crippen LogP contribution in [0.25, 0.3) is 0 Å². The minimum Gasteiger partial charge on any atom is -0.369 e. The standard InChI is InChI=1S/C26H32N4O3/c1-5-6-16-28(2)18-22(31)30(4)24-23(29(3)17-14-19-11-9-10-15-27-19)25(32)20-12-7-8-13-21(20)26(24)33/h7-13,15H,5-6,14,16-18H2,1-4H3. The van der Waals surface area contributed by atoms with Crippen molar-refractivity contribution in [2.45, 2.75) is 26.2 Å². The molecule has 0 aliphatic heterocycles. The van der Waals surface area contributed by atoms with Crippen LogP contribution in [0.3, 0.4) is 0 Å². The van der Waals surface area contributed by atoms with Crippen molar-refractivity contribution in [3.8, 4) is 0 Å². The van der Waals surface area contributed by atoms with E-state index in [2.05, 4.69) is 11.9 Å². The molecule has 1 aromatic carbocycles. The van der Waals surface area contributed by atoms with Crippen LogP contribution in [0.1, 0.15) is 46.2 Å². The van der Waals surface area contributed by atoms with Gasteiger partial charge < -0.3 is 9.80 Å². The van der Waals surface area contributed by atoms with Gasteiger partial charge in [0, 0.05) is 50.1 Å². The fourth-order valence-electron chi connectivity index (χ4n) is 3.92. The predicted octanol–water partition coefficient (Wildman–Crippen LogP) is 3.04. The van der Waals surface area contributed by atoms with Crippen molar-refractivity contribution >= 4 is 17.5 Å². The van der Waals surface area contributed by atoms with Crippen LogP contribution in [0.4, 0.5) is 0 Å². The highest BCUT2D eigenvalue weighted by molar-refractivity contribution is 6.27. The van der Waals surface area contributed by atoms with Crippen molar-refractivity contribution in [1.82, 2.24) is 19.7 Å². The summed E-state index contributed by atoms with van der Waals surface area (Å²) < 4.78 is 0. The van der Waals surface area contributed by atoms with E-state index >= 15 is 0 Å². The molecular formula is C26H32N4O3. The van der Waals surface area contributed by atoms with Crippen LogP contribution in [-0.2, 0) is 11.2 Å². The van der Waals surface area contributed by atoms with E-state index in [1.54, 1.807) is 49.5 Å². The highest BCUT2D eigenvalue weighted by Gasteiger charge is 2.37. The third kappa shape index (κ3) is 5.54. The van der Waals surface area contributed by atoms with E-state index in [4.69, 9.17) is 0 Å². The topological polar surface area (TPSA) is 73.8 Å². The normalized spacial score (nSPS) is 13.4. The number of aromatic nitrogens is 1. The van der Waals surface area contributed by atoms with Crippen molar-refractivity contribution < 1.29 is 14.4 Å². The van der Waals surface area contributed by atoms with E-state index in [0.29, 0.717) is 24.1 Å². The molecule has 33 heavy (non-hydrogen) atoms. The number of rotatable bonds is 10. The van der Waals surface area contributed by atoms with Crippen molar-refractivity contribution in [3.05, 3.63) is 76.9 Å². The highest BCUT2D eigenvalue weighted by Crippen LogP contribution is 2.29. The maximum atomic E-state index is 13.5. The second kappa shape index (κ2) is 11.0. The van der Waals surface area contributed by atoms with Gasteiger partial charge in [-0.25, -0.2) is 0 Å². The average molecular weight is 449 g/mol. The Kier molecular flexibility index (Phi) is 8.11. The maximum Gasteiger partial charge on any atom is 0.241 e. The second-order valence-electron chi connectivity index (χ2n) is 8.44. The number of unbranched alkanes of at least 4 members (excludes halogenated alkanes) is 1. The van der Waals surface area contributed by atoms with Crippen LogP contribution in [0, 0.1) is 0 Å². The maximum absolute atomic E-state index is 13.5. The lowest BCUT2D eigenvalue weighted by atomic mass is 9.89. The van der Waals surface area contributed by atoms with Crippen LogP contribution in [-0.4, -0.2) is 77.9 Å². The van der Waals surface area contributed by atoms with Crippen LogP contribution < -0.4 is 0 Å². The Morgan fingerprint density at radius 3 is 2.12 bits per heavy atom. The molecule has 1 aliphatic carbocycles. The van der Waals surface area contributed by atoms with Crippen LogP contribution in [0.5, 0.6) is 0 Å². The number of fused-ring (bicyclic) bond motifs is 1. The number of hydrogen-bond acceptors (Lipinski definition) is 6. The summed E-state index contributed by atoms with van der Waals surface area (Å²) in [5, 5.41) is 0. The fraction of sp³-hybridized carbons (Fsp3) is 0.385. The molecule has 0 saturated heterocycles. The van der Waals surface area contributed by atoms with Gasteiger partial charge in [0.25, 0.3) is 0 Å². The molecule has 0 saturated carbocycles. The minimum absolute atomic E-state index is 0.135. The van der Waals surface area contributed by atoms with Gasteiger partial charge in [-0.15, -0.1) is 0 Å². The number of allylic oxidation sites excluding steroid dienone is 2. The van der Waals surface area contributed by atoms with Gasteiger partial charge in [0.05, 0.1) is 6.54 Å². The van der Waals surface area contributed by atoms with E-state index in [0.717, 1.165) is 25.1 Å². The third-order valence-electron chi connectivity index (χ3n) is 5.89. The Hall–Kier alpha value is -3.32. The number of amides is 1. The summed E-state index contributed by atoms with van der Waals surface area (Å²) in [6.45, 7) is 3.55. The molecule has 0 bridgehead atoms. The third-order valence-corrected chi connectivity index (χ3v) is 5.89. The number of pyridine rings is 1. The summed E-state index contributed by atoms with van der Waals surface area (Å²) in [5.41, 5.74) is 1.98. The summed E-state index contributed by atoms with van der Waals surface area (Å²) in [6.07, 6.45) is 4.36. The number of nitrogens with zero attached hydrogens (tertiary/aromatic N) is 4. The van der Waals surface area contributed by atoms with Crippen molar-refractivity contribution in [2.75, 3.05) is 40.8 Å². The number of carbonyl (C=O) groups excluding carboxylic acids is 3. The monoisotopic (exact) mass is 448 g/mol. The summed E-state index contributed by atoms with van der Waals surface area (Å²) >= 11 is 0. The largest absolute Gasteiger partial charge is 0.369 e. The van der Waals surface area contributed by atoms with Crippen LogP contribution in [0.15, 0.2) is 60.1 Å². The lowest BCUT2D eigenvalue weighted by Crippen LogP contribution is -2.43. The van der Waals surface area contributed by atoms with Crippen molar-refractivity contribution in [3.63, 3.8) is 0 Å². The van der Waals surface area contributed by atoms with Gasteiger partial charge in [0.1, 0.15) is 11.4 Å². The molecule has 0 atom stereocenters. The zero-order valence-corrected chi connectivity index (χ0v) is 19.9. The van der Waals surface area contributed by atoms with Crippen LogP contribution in [0.2, 0.25) is 0 Å². The fourth-order valence-corrected chi connectivity index (χ4v) is 3.92. The molecule has 174 valence electrons. The SMILES string of the molecule is CCCCN(C)CC(=O)N(C)C1=C(N(C)CCc2ccccn2)C(=O)c2ccccc2C1=O. The van der Waals surface area contributed by atoms with Gasteiger partial charge in [-0.2, -0.15) is 0 Å². The number of hydrogen-bond donors (Lipinski definition) is 0. The molecule has 1 amide bonds. The minimum atomic E-state index is -0.308. The van der Waals surface area contributed by atoms with Gasteiger partial charge in [-0.05, 0) is 32.1 Å². The molecule has 2 aromatic rings. The van der Waals surface area contributed by atoms with Crippen molar-refractivity contribution in [1.29, 1.82) is 0 Å². The van der Waals surface area contributed by atoms with Gasteiger partial charge in [0.2, 0.25) is 17.5 Å². The summed E-state index contributed by atoms with van der Waals surface area (Å²) in [4.78, 5) is 49.5. The molecule has 7 nitrogen and oxygen atoms in total. The average Bonchev–Trinajstić information content (AvgIpc) is 2.83. The predicted molar refractivity (Wildman–Crippen MR) is 128 cm³/mol. The van der Waals surface area contributed by atoms with Crippen LogP contribution >= 0.6 is 0 Å². The molecule has 1 aromatic heterocycles. The van der Waals surface area contributed by atoms with E-state index in [1.165, 1.54) is 4.90 Å². The Bertz CT molecular complexity index is 1050. The van der Waals surface area contributed by atoms with E-state index < -0.39 is 0 Å². The summed E-state index contributed by atoms with van der Waals surface area (Å²) in [6, 6.07) is 12.5. The summed E-state index contributed by atoms with van der Waals surface area (Å²) in [5.74, 6) is -0.778. The first-order chi connectivity index (χ1) is 15.8. The molecular weight excluding hydrogens is 416 g/mol. The van der Waals surface area contributed by atoms with E-state index in [9.17, 15) is 14.4 Å². The van der Waals surface area contributed by atoms with E-state index in [-0.39, 0.29) is 35.4 Å². The molecule has 1 heterocycles. The smallest absolute Gasteiger partial charge is 0.241 e. The van der Waals surface area contributed by atoms with Gasteiger partial charge in [0.15, 0.2) is 0 Å². The quantitative estimate of drug-likeness (QED) is 0.556. The number of Topliss-reactive ketones (excluding diaryl/α,β-unsaturated/α-hetero) is 2. The highest BCUT2D eigenvalue weighted by atomic mass is 16.2. The number of likely N-dealkylation sites (N-methyl/N-ethyl adjacent to an activating group) is 3. The lowest BCUT2D eigenvalue weighted by Gasteiger charge is -2.32. The molecule has 3 rings (SSSR count). The van der Waals surface area contributed by atoms with Gasteiger partial charge in [-0.1, -0.05) is 43.7 Å². The zero-order valence-electron chi connectivity index (χ0n) is 19.9. The molecule has 0 radical (unpaired) electrons. The van der Waals surface area contributed by atoms with E-state index in [1.807, 2.05) is 30.1 Å². The van der Waals surface area contributed by atoms with Gasteiger partial charge >= 0.3 is 0 Å². The lowest BCUT2D eigenvalue weighted by molar-refractivity contribution is -0.129. The number of carbonyl (C=O) groups is 3.